The van der Waals surface area contributed by atoms with Gasteiger partial charge in [0, 0.05) is 5.56 Å². The van der Waals surface area contributed by atoms with Gasteiger partial charge in [0.1, 0.15) is 0 Å². The summed E-state index contributed by atoms with van der Waals surface area (Å²) in [4.78, 5) is 10.8. The van der Waals surface area contributed by atoms with Crippen LogP contribution in [0.2, 0.25) is 0 Å². The van der Waals surface area contributed by atoms with Gasteiger partial charge in [-0.3, -0.25) is 4.40 Å². The van der Waals surface area contributed by atoms with Crippen LogP contribution >= 0.6 is 15.9 Å². The Morgan fingerprint density at radius 1 is 1.11 bits per heavy atom. The van der Waals surface area contributed by atoms with Gasteiger partial charge in [-0.25, -0.2) is 4.79 Å². The van der Waals surface area contributed by atoms with Gasteiger partial charge in [-0.15, -0.1) is 10.2 Å². The summed E-state index contributed by atoms with van der Waals surface area (Å²) in [6.45, 7) is 0. The number of rotatable bonds is 2. The molecule has 19 heavy (non-hydrogen) atoms. The molecule has 6 heteroatoms. The molecule has 0 aliphatic heterocycles. The number of pyridine rings is 1. The molecule has 2 aromatic heterocycles. The molecule has 0 aliphatic carbocycles. The van der Waals surface area contributed by atoms with Crippen molar-refractivity contribution in [2.24, 2.45) is 0 Å². The zero-order valence-corrected chi connectivity index (χ0v) is 11.2. The Labute approximate surface area is 116 Å². The molecule has 0 unspecified atom stereocenters. The minimum Gasteiger partial charge on any atom is -0.478 e. The lowest BCUT2D eigenvalue weighted by atomic mass is 10.1. The molecule has 0 spiro atoms. The van der Waals surface area contributed by atoms with Crippen molar-refractivity contribution in [2.75, 3.05) is 0 Å². The topological polar surface area (TPSA) is 67.5 Å². The number of nitrogens with zero attached hydrogens (tertiary/aromatic N) is 3. The van der Waals surface area contributed by atoms with Gasteiger partial charge >= 0.3 is 5.97 Å². The van der Waals surface area contributed by atoms with E-state index in [1.165, 1.54) is 0 Å². The number of aromatic carboxylic acids is 1. The molecule has 3 rings (SSSR count). The number of hydrogen-bond donors (Lipinski definition) is 1. The van der Waals surface area contributed by atoms with Crippen LogP contribution < -0.4 is 0 Å². The monoisotopic (exact) mass is 317 g/mol. The van der Waals surface area contributed by atoms with E-state index in [1.807, 2.05) is 22.6 Å². The highest BCUT2D eigenvalue weighted by molar-refractivity contribution is 9.10. The Morgan fingerprint density at radius 3 is 2.53 bits per heavy atom. The second-order valence-electron chi connectivity index (χ2n) is 3.95. The summed E-state index contributed by atoms with van der Waals surface area (Å²) in [5.41, 5.74) is 1.78. The standard InChI is InChI=1S/C13H8BrN3O2/c14-10-2-1-3-11-15-16-12(17(10)11)8-4-6-9(7-5-8)13(18)19/h1-7H,(H,18,19). The van der Waals surface area contributed by atoms with Crippen LogP contribution in [-0.2, 0) is 0 Å². The summed E-state index contributed by atoms with van der Waals surface area (Å²) in [5, 5.41) is 17.1. The fourth-order valence-corrected chi connectivity index (χ4v) is 2.35. The van der Waals surface area contributed by atoms with Crippen molar-refractivity contribution in [2.45, 2.75) is 0 Å². The average molecular weight is 318 g/mol. The lowest BCUT2D eigenvalue weighted by Crippen LogP contribution is -1.96. The van der Waals surface area contributed by atoms with Crippen molar-refractivity contribution in [3.63, 3.8) is 0 Å². The van der Waals surface area contributed by atoms with Crippen molar-refractivity contribution in [3.8, 4) is 11.4 Å². The summed E-state index contributed by atoms with van der Waals surface area (Å²) in [5.74, 6) is -0.279. The van der Waals surface area contributed by atoms with Crippen LogP contribution in [0, 0.1) is 0 Å². The lowest BCUT2D eigenvalue weighted by molar-refractivity contribution is 0.0697. The van der Waals surface area contributed by atoms with Crippen molar-refractivity contribution >= 4 is 27.5 Å². The largest absolute Gasteiger partial charge is 0.478 e. The molecule has 94 valence electrons. The van der Waals surface area contributed by atoms with Crippen LogP contribution in [0.15, 0.2) is 47.1 Å². The van der Waals surface area contributed by atoms with Gasteiger partial charge < -0.3 is 5.11 Å². The van der Waals surface area contributed by atoms with Crippen molar-refractivity contribution < 1.29 is 9.90 Å². The first kappa shape index (κ1) is 11.9. The first-order chi connectivity index (χ1) is 9.16. The summed E-state index contributed by atoms with van der Waals surface area (Å²) in [6, 6.07) is 12.2. The molecule has 0 saturated heterocycles. The third-order valence-electron chi connectivity index (χ3n) is 2.77. The quantitative estimate of drug-likeness (QED) is 0.738. The van der Waals surface area contributed by atoms with E-state index in [1.54, 1.807) is 24.3 Å². The first-order valence-electron chi connectivity index (χ1n) is 5.50. The summed E-state index contributed by atoms with van der Waals surface area (Å²) in [6.07, 6.45) is 0. The molecular weight excluding hydrogens is 310 g/mol. The van der Waals surface area contributed by atoms with Crippen molar-refractivity contribution in [1.29, 1.82) is 0 Å². The first-order valence-corrected chi connectivity index (χ1v) is 6.29. The van der Waals surface area contributed by atoms with Crippen molar-refractivity contribution in [1.82, 2.24) is 14.6 Å². The highest BCUT2D eigenvalue weighted by atomic mass is 79.9. The number of aromatic nitrogens is 3. The summed E-state index contributed by atoms with van der Waals surface area (Å²) < 4.78 is 2.70. The molecule has 0 saturated carbocycles. The number of carboxylic acid groups (broad SMARTS) is 1. The molecule has 3 aromatic rings. The highest BCUT2D eigenvalue weighted by Gasteiger charge is 2.11. The second kappa shape index (κ2) is 4.47. The minimum absolute atomic E-state index is 0.247. The van der Waals surface area contributed by atoms with Crippen LogP contribution in [0.25, 0.3) is 17.0 Å². The van der Waals surface area contributed by atoms with E-state index < -0.39 is 5.97 Å². The van der Waals surface area contributed by atoms with Gasteiger partial charge in [0.25, 0.3) is 0 Å². The summed E-state index contributed by atoms with van der Waals surface area (Å²) >= 11 is 3.45. The fourth-order valence-electron chi connectivity index (χ4n) is 1.85. The fraction of sp³-hybridized carbons (Fsp3) is 0. The van der Waals surface area contributed by atoms with E-state index in [0.29, 0.717) is 5.82 Å². The number of halogens is 1. The molecule has 0 bridgehead atoms. The number of benzene rings is 1. The molecule has 0 fully saturated rings. The number of carbonyl (C=O) groups is 1. The molecule has 1 N–H and O–H groups in total. The Balaban J connectivity index is 2.16. The molecule has 0 radical (unpaired) electrons. The Hall–Kier alpha value is -2.21. The molecule has 1 aromatic carbocycles. The molecular formula is C13H8BrN3O2. The van der Waals surface area contributed by atoms with Crippen LogP contribution in [0.3, 0.4) is 0 Å². The van der Waals surface area contributed by atoms with Gasteiger partial charge in [-0.2, -0.15) is 0 Å². The molecule has 2 heterocycles. The zero-order valence-electron chi connectivity index (χ0n) is 9.62. The van der Waals surface area contributed by atoms with E-state index >= 15 is 0 Å². The lowest BCUT2D eigenvalue weighted by Gasteiger charge is -2.02. The Kier molecular flexibility index (Phi) is 2.79. The van der Waals surface area contributed by atoms with Gasteiger partial charge in [0.05, 0.1) is 10.2 Å². The van der Waals surface area contributed by atoms with E-state index in [-0.39, 0.29) is 5.56 Å². The minimum atomic E-state index is -0.946. The molecule has 0 aliphatic rings. The van der Waals surface area contributed by atoms with Crippen molar-refractivity contribution in [3.05, 3.63) is 52.6 Å². The van der Waals surface area contributed by atoms with E-state index in [2.05, 4.69) is 26.1 Å². The highest BCUT2D eigenvalue weighted by Crippen LogP contribution is 2.22. The van der Waals surface area contributed by atoms with Gasteiger partial charge in [0.15, 0.2) is 11.5 Å². The smallest absolute Gasteiger partial charge is 0.335 e. The second-order valence-corrected chi connectivity index (χ2v) is 4.76. The molecule has 0 amide bonds. The molecule has 5 nitrogen and oxygen atoms in total. The Morgan fingerprint density at radius 2 is 1.84 bits per heavy atom. The maximum absolute atomic E-state index is 10.8. The van der Waals surface area contributed by atoms with Crippen LogP contribution in [0.5, 0.6) is 0 Å². The van der Waals surface area contributed by atoms with Gasteiger partial charge in [-0.1, -0.05) is 18.2 Å². The third kappa shape index (κ3) is 2.00. The predicted molar refractivity (Wildman–Crippen MR) is 73.1 cm³/mol. The van der Waals surface area contributed by atoms with Crippen LogP contribution in [0.1, 0.15) is 10.4 Å². The third-order valence-corrected chi connectivity index (χ3v) is 3.39. The number of hydrogen-bond acceptors (Lipinski definition) is 3. The normalized spacial score (nSPS) is 10.8. The van der Waals surface area contributed by atoms with Crippen LogP contribution in [0.4, 0.5) is 0 Å². The molecule has 0 atom stereocenters. The van der Waals surface area contributed by atoms with Gasteiger partial charge in [-0.05, 0) is 40.2 Å². The Bertz CT molecular complexity index is 765. The van der Waals surface area contributed by atoms with Gasteiger partial charge in [0.2, 0.25) is 0 Å². The van der Waals surface area contributed by atoms with Crippen LogP contribution in [-0.4, -0.2) is 25.7 Å². The van der Waals surface area contributed by atoms with E-state index in [9.17, 15) is 4.79 Å². The SMILES string of the molecule is O=C(O)c1ccc(-c2nnc3cccc(Br)n23)cc1. The average Bonchev–Trinajstić information content (AvgIpc) is 2.84. The number of fused-ring (bicyclic) bond motifs is 1. The predicted octanol–water partition coefficient (Wildman–Crippen LogP) is 2.86. The zero-order chi connectivity index (χ0) is 13.4. The maximum Gasteiger partial charge on any atom is 0.335 e. The summed E-state index contributed by atoms with van der Waals surface area (Å²) in [7, 11) is 0. The number of carboxylic acids is 1. The van der Waals surface area contributed by atoms with E-state index in [4.69, 9.17) is 5.11 Å². The van der Waals surface area contributed by atoms with E-state index in [0.717, 1.165) is 15.8 Å². The maximum atomic E-state index is 10.8.